The van der Waals surface area contributed by atoms with E-state index in [0.717, 1.165) is 11.1 Å². The van der Waals surface area contributed by atoms with E-state index in [1.165, 1.54) is 11.3 Å². The molecule has 1 N–H and O–H groups in total. The van der Waals surface area contributed by atoms with Crippen LogP contribution in [0.5, 0.6) is 11.5 Å². The van der Waals surface area contributed by atoms with Gasteiger partial charge in [-0.1, -0.05) is 12.1 Å². The molecule has 0 aliphatic heterocycles. The van der Waals surface area contributed by atoms with Crippen LogP contribution in [0.3, 0.4) is 0 Å². The van der Waals surface area contributed by atoms with Gasteiger partial charge in [0.1, 0.15) is 6.61 Å². The van der Waals surface area contributed by atoms with Crippen LogP contribution in [0, 0.1) is 0 Å². The summed E-state index contributed by atoms with van der Waals surface area (Å²) in [5, 5.41) is 4.78. The third kappa shape index (κ3) is 4.58. The number of carbonyl (C=O) groups excluding carboxylic acids is 1. The van der Waals surface area contributed by atoms with Crippen molar-refractivity contribution < 1.29 is 14.3 Å². The van der Waals surface area contributed by atoms with Crippen molar-refractivity contribution in [2.75, 3.05) is 7.11 Å². The number of nitrogens with one attached hydrogen (secondary N) is 1. The van der Waals surface area contributed by atoms with Crippen LogP contribution in [0.4, 0.5) is 0 Å². The summed E-state index contributed by atoms with van der Waals surface area (Å²) < 4.78 is 11.2. The Morgan fingerprint density at radius 1 is 1.12 bits per heavy atom. The fourth-order valence-corrected chi connectivity index (χ4v) is 2.90. The predicted molar refractivity (Wildman–Crippen MR) is 97.1 cm³/mol. The van der Waals surface area contributed by atoms with Crippen molar-refractivity contribution in [3.05, 3.63) is 76.2 Å². The molecule has 5 nitrogen and oxygen atoms in total. The Kier molecular flexibility index (Phi) is 5.64. The molecule has 1 aromatic carbocycles. The molecule has 0 aliphatic carbocycles. The molecule has 0 radical (unpaired) electrons. The van der Waals surface area contributed by atoms with Gasteiger partial charge in [0, 0.05) is 18.9 Å². The average Bonchev–Trinajstić information content (AvgIpc) is 3.20. The van der Waals surface area contributed by atoms with Crippen molar-refractivity contribution in [3.63, 3.8) is 0 Å². The second-order valence-electron chi connectivity index (χ2n) is 5.29. The number of pyridine rings is 1. The van der Waals surface area contributed by atoms with E-state index in [1.54, 1.807) is 25.6 Å². The van der Waals surface area contributed by atoms with Gasteiger partial charge in [-0.2, -0.15) is 0 Å². The van der Waals surface area contributed by atoms with Gasteiger partial charge in [-0.15, -0.1) is 11.3 Å². The zero-order valence-electron chi connectivity index (χ0n) is 13.8. The average molecular weight is 354 g/mol. The zero-order chi connectivity index (χ0) is 17.5. The normalized spacial score (nSPS) is 10.3. The summed E-state index contributed by atoms with van der Waals surface area (Å²) in [6.07, 6.45) is 3.46. The fourth-order valence-electron chi connectivity index (χ4n) is 2.26. The van der Waals surface area contributed by atoms with E-state index < -0.39 is 0 Å². The first-order chi connectivity index (χ1) is 12.3. The van der Waals surface area contributed by atoms with Crippen molar-refractivity contribution in [2.45, 2.75) is 13.2 Å². The van der Waals surface area contributed by atoms with Gasteiger partial charge < -0.3 is 14.8 Å². The fraction of sp³-hybridized carbons (Fsp3) is 0.158. The lowest BCUT2D eigenvalue weighted by molar-refractivity contribution is 0.0955. The summed E-state index contributed by atoms with van der Waals surface area (Å²) >= 11 is 1.42. The van der Waals surface area contributed by atoms with Gasteiger partial charge in [0.05, 0.1) is 12.0 Å². The van der Waals surface area contributed by atoms with Crippen LogP contribution >= 0.6 is 11.3 Å². The summed E-state index contributed by atoms with van der Waals surface area (Å²) in [5.41, 5.74) is 1.97. The maximum atomic E-state index is 12.0. The first-order valence-electron chi connectivity index (χ1n) is 7.76. The molecule has 2 aromatic heterocycles. The lowest BCUT2D eigenvalue weighted by Gasteiger charge is -2.12. The number of nitrogens with zero attached hydrogens (tertiary/aromatic N) is 1. The number of rotatable bonds is 7. The number of amides is 1. The minimum absolute atomic E-state index is 0.0769. The zero-order valence-corrected chi connectivity index (χ0v) is 14.6. The molecule has 0 aliphatic rings. The smallest absolute Gasteiger partial charge is 0.261 e. The van der Waals surface area contributed by atoms with Gasteiger partial charge in [-0.25, -0.2) is 0 Å². The molecular weight excluding hydrogens is 336 g/mol. The van der Waals surface area contributed by atoms with Crippen molar-refractivity contribution in [1.82, 2.24) is 10.3 Å². The molecule has 0 saturated heterocycles. The van der Waals surface area contributed by atoms with E-state index in [0.29, 0.717) is 29.5 Å². The van der Waals surface area contributed by atoms with Gasteiger partial charge in [0.15, 0.2) is 11.5 Å². The molecule has 0 unspecified atom stereocenters. The number of ether oxygens (including phenoxy) is 2. The highest BCUT2D eigenvalue weighted by Gasteiger charge is 2.09. The standard InChI is InChI=1S/C19H18N2O3S/c1-23-17-11-15(12-21-19(22)18-3-2-10-25-18)4-5-16(17)24-13-14-6-8-20-9-7-14/h2-11H,12-13H2,1H3,(H,21,22). The maximum absolute atomic E-state index is 12.0. The van der Waals surface area contributed by atoms with E-state index in [2.05, 4.69) is 10.3 Å². The number of methoxy groups -OCH3 is 1. The van der Waals surface area contributed by atoms with Crippen LogP contribution < -0.4 is 14.8 Å². The van der Waals surface area contributed by atoms with E-state index in [-0.39, 0.29) is 5.91 Å². The lowest BCUT2D eigenvalue weighted by Crippen LogP contribution is -2.21. The maximum Gasteiger partial charge on any atom is 0.261 e. The van der Waals surface area contributed by atoms with Gasteiger partial charge in [-0.05, 0) is 46.8 Å². The number of hydrogen-bond donors (Lipinski definition) is 1. The first-order valence-corrected chi connectivity index (χ1v) is 8.64. The molecule has 0 saturated carbocycles. The van der Waals surface area contributed by atoms with Gasteiger partial charge in [0.2, 0.25) is 0 Å². The van der Waals surface area contributed by atoms with Crippen molar-refractivity contribution >= 4 is 17.2 Å². The Balaban J connectivity index is 1.62. The summed E-state index contributed by atoms with van der Waals surface area (Å²) in [4.78, 5) is 16.7. The van der Waals surface area contributed by atoms with Crippen LogP contribution in [0.15, 0.2) is 60.2 Å². The first kappa shape index (κ1) is 17.0. The minimum Gasteiger partial charge on any atom is -0.493 e. The van der Waals surface area contributed by atoms with Crippen molar-refractivity contribution in [3.8, 4) is 11.5 Å². The minimum atomic E-state index is -0.0769. The topological polar surface area (TPSA) is 60.5 Å². The van der Waals surface area contributed by atoms with E-state index in [4.69, 9.17) is 9.47 Å². The predicted octanol–water partition coefficient (Wildman–Crippen LogP) is 3.66. The molecular formula is C19H18N2O3S. The number of hydrogen-bond acceptors (Lipinski definition) is 5. The lowest BCUT2D eigenvalue weighted by atomic mass is 10.2. The summed E-state index contributed by atoms with van der Waals surface area (Å²) in [5.74, 6) is 1.22. The van der Waals surface area contributed by atoms with Crippen LogP contribution in [-0.2, 0) is 13.2 Å². The summed E-state index contributed by atoms with van der Waals surface area (Å²) in [7, 11) is 1.60. The van der Waals surface area contributed by atoms with Crippen LogP contribution in [0.25, 0.3) is 0 Å². The molecule has 2 heterocycles. The molecule has 25 heavy (non-hydrogen) atoms. The van der Waals surface area contributed by atoms with Crippen LogP contribution in [0.1, 0.15) is 20.8 Å². The molecule has 0 fully saturated rings. The SMILES string of the molecule is COc1cc(CNC(=O)c2cccs2)ccc1OCc1ccncc1. The Morgan fingerprint density at radius 2 is 1.96 bits per heavy atom. The Labute approximate surface area is 150 Å². The number of carbonyl (C=O) groups is 1. The van der Waals surface area contributed by atoms with Gasteiger partial charge in [-0.3, -0.25) is 9.78 Å². The molecule has 0 bridgehead atoms. The summed E-state index contributed by atoms with van der Waals surface area (Å²) in [6.45, 7) is 0.866. The third-order valence-electron chi connectivity index (χ3n) is 3.57. The quantitative estimate of drug-likeness (QED) is 0.703. The van der Waals surface area contributed by atoms with E-state index >= 15 is 0 Å². The monoisotopic (exact) mass is 354 g/mol. The van der Waals surface area contributed by atoms with Crippen molar-refractivity contribution in [2.24, 2.45) is 0 Å². The van der Waals surface area contributed by atoms with Crippen molar-refractivity contribution in [1.29, 1.82) is 0 Å². The Hall–Kier alpha value is -2.86. The molecule has 3 rings (SSSR count). The Bertz CT molecular complexity index is 820. The Morgan fingerprint density at radius 3 is 2.68 bits per heavy atom. The van der Waals surface area contributed by atoms with E-state index in [1.807, 2.05) is 41.8 Å². The van der Waals surface area contributed by atoms with Gasteiger partial charge >= 0.3 is 0 Å². The number of thiophene rings is 1. The van der Waals surface area contributed by atoms with E-state index in [9.17, 15) is 4.79 Å². The highest BCUT2D eigenvalue weighted by molar-refractivity contribution is 7.12. The summed E-state index contributed by atoms with van der Waals surface area (Å²) in [6, 6.07) is 13.1. The molecule has 1 amide bonds. The second kappa shape index (κ2) is 8.30. The second-order valence-corrected chi connectivity index (χ2v) is 6.24. The third-order valence-corrected chi connectivity index (χ3v) is 4.44. The van der Waals surface area contributed by atoms with Crippen LogP contribution in [0.2, 0.25) is 0 Å². The molecule has 6 heteroatoms. The number of benzene rings is 1. The molecule has 0 atom stereocenters. The van der Waals surface area contributed by atoms with Crippen LogP contribution in [-0.4, -0.2) is 18.0 Å². The largest absolute Gasteiger partial charge is 0.493 e. The van der Waals surface area contributed by atoms with Gasteiger partial charge in [0.25, 0.3) is 5.91 Å². The molecule has 3 aromatic rings. The highest BCUT2D eigenvalue weighted by Crippen LogP contribution is 2.28. The highest BCUT2D eigenvalue weighted by atomic mass is 32.1. The molecule has 0 spiro atoms. The number of aromatic nitrogens is 1. The molecule has 128 valence electrons.